The molecular weight excluding hydrogens is 204 g/mol. The van der Waals surface area contributed by atoms with Crippen LogP contribution in [0.5, 0.6) is 11.8 Å². The van der Waals surface area contributed by atoms with Gasteiger partial charge < -0.3 is 10.5 Å². The van der Waals surface area contributed by atoms with Gasteiger partial charge in [0.25, 0.3) is 0 Å². The fourth-order valence-electron chi connectivity index (χ4n) is 1.39. The molecule has 0 amide bonds. The molecular formula is C11H14N4O. The number of ether oxygens (including phenoxy) is 1. The third kappa shape index (κ3) is 2.20. The van der Waals surface area contributed by atoms with Crippen molar-refractivity contribution < 1.29 is 4.74 Å². The summed E-state index contributed by atoms with van der Waals surface area (Å²) in [5.74, 6) is 0.716. The van der Waals surface area contributed by atoms with Crippen LogP contribution in [-0.2, 0) is 13.6 Å². The molecule has 2 rings (SSSR count). The zero-order valence-electron chi connectivity index (χ0n) is 9.34. The first-order valence-corrected chi connectivity index (χ1v) is 5.02. The second-order valence-electron chi connectivity index (χ2n) is 3.62. The Balaban J connectivity index is 2.29. The molecule has 16 heavy (non-hydrogen) atoms. The lowest BCUT2D eigenvalue weighted by molar-refractivity contribution is 0.433. The maximum absolute atomic E-state index is 5.63. The molecule has 84 valence electrons. The Morgan fingerprint density at radius 1 is 1.44 bits per heavy atom. The number of hydrogen-bond donors (Lipinski definition) is 1. The summed E-state index contributed by atoms with van der Waals surface area (Å²) < 4.78 is 7.17. The van der Waals surface area contributed by atoms with Gasteiger partial charge in [0.15, 0.2) is 0 Å². The Hall–Kier alpha value is -1.88. The number of hydrogen-bond acceptors (Lipinski definition) is 4. The third-order valence-corrected chi connectivity index (χ3v) is 2.22. The molecule has 0 unspecified atom stereocenters. The zero-order chi connectivity index (χ0) is 11.5. The van der Waals surface area contributed by atoms with Crippen molar-refractivity contribution in [3.63, 3.8) is 0 Å². The first kappa shape index (κ1) is 10.6. The number of benzene rings is 1. The van der Waals surface area contributed by atoms with Crippen molar-refractivity contribution in [2.24, 2.45) is 12.8 Å². The standard InChI is InChI=1S/C11H14N4O/c1-8-3-4-9(6-12)10(5-8)16-11-13-7-15(2)14-11/h3-5,7H,6,12H2,1-2H3. The highest BCUT2D eigenvalue weighted by molar-refractivity contribution is 5.38. The minimum atomic E-state index is 0.336. The summed E-state index contributed by atoms with van der Waals surface area (Å²) >= 11 is 0. The second kappa shape index (κ2) is 4.32. The molecule has 0 bridgehead atoms. The lowest BCUT2D eigenvalue weighted by Crippen LogP contribution is -2.00. The molecule has 0 radical (unpaired) electrons. The predicted molar refractivity (Wildman–Crippen MR) is 60.1 cm³/mol. The summed E-state index contributed by atoms with van der Waals surface area (Å²) in [5.41, 5.74) is 7.69. The number of aryl methyl sites for hydroxylation is 2. The lowest BCUT2D eigenvalue weighted by Gasteiger charge is -2.07. The first-order valence-electron chi connectivity index (χ1n) is 5.02. The van der Waals surface area contributed by atoms with Gasteiger partial charge in [0.1, 0.15) is 12.1 Å². The van der Waals surface area contributed by atoms with E-state index in [1.54, 1.807) is 18.1 Å². The number of rotatable bonds is 3. The van der Waals surface area contributed by atoms with Crippen LogP contribution in [0.2, 0.25) is 0 Å². The summed E-state index contributed by atoms with van der Waals surface area (Å²) in [4.78, 5) is 4.00. The van der Waals surface area contributed by atoms with Crippen LogP contribution in [0.4, 0.5) is 0 Å². The fourth-order valence-corrected chi connectivity index (χ4v) is 1.39. The predicted octanol–water partition coefficient (Wildman–Crippen LogP) is 1.37. The van der Waals surface area contributed by atoms with Gasteiger partial charge in [-0.2, -0.15) is 4.98 Å². The molecule has 0 aliphatic heterocycles. The smallest absolute Gasteiger partial charge is 0.340 e. The molecule has 5 nitrogen and oxygen atoms in total. The normalized spacial score (nSPS) is 10.4. The minimum Gasteiger partial charge on any atom is -0.423 e. The van der Waals surface area contributed by atoms with Crippen LogP contribution < -0.4 is 10.5 Å². The van der Waals surface area contributed by atoms with E-state index in [4.69, 9.17) is 10.5 Å². The third-order valence-electron chi connectivity index (χ3n) is 2.22. The molecule has 0 atom stereocenters. The summed E-state index contributed by atoms with van der Waals surface area (Å²) in [7, 11) is 1.79. The highest BCUT2D eigenvalue weighted by atomic mass is 16.5. The van der Waals surface area contributed by atoms with Crippen LogP contribution >= 0.6 is 0 Å². The zero-order valence-corrected chi connectivity index (χ0v) is 9.34. The molecule has 1 aromatic carbocycles. The summed E-state index contributed by atoms with van der Waals surface area (Å²) in [6, 6.07) is 6.22. The lowest BCUT2D eigenvalue weighted by atomic mass is 10.1. The monoisotopic (exact) mass is 218 g/mol. The van der Waals surface area contributed by atoms with Crippen LogP contribution in [0, 0.1) is 6.92 Å². The van der Waals surface area contributed by atoms with Crippen LogP contribution in [0.1, 0.15) is 11.1 Å². The Labute approximate surface area is 93.9 Å². The van der Waals surface area contributed by atoms with Gasteiger partial charge in [-0.1, -0.05) is 12.1 Å². The maximum atomic E-state index is 5.63. The average molecular weight is 218 g/mol. The van der Waals surface area contributed by atoms with Crippen molar-refractivity contribution in [2.45, 2.75) is 13.5 Å². The Morgan fingerprint density at radius 3 is 2.88 bits per heavy atom. The largest absolute Gasteiger partial charge is 0.423 e. The van der Waals surface area contributed by atoms with E-state index in [9.17, 15) is 0 Å². The molecule has 5 heteroatoms. The topological polar surface area (TPSA) is 66.0 Å². The summed E-state index contributed by atoms with van der Waals surface area (Å²) in [6.45, 7) is 2.43. The van der Waals surface area contributed by atoms with E-state index in [1.165, 1.54) is 0 Å². The van der Waals surface area contributed by atoms with Crippen molar-refractivity contribution >= 4 is 0 Å². The van der Waals surface area contributed by atoms with Crippen molar-refractivity contribution in [1.82, 2.24) is 14.8 Å². The fraction of sp³-hybridized carbons (Fsp3) is 0.273. The van der Waals surface area contributed by atoms with Crippen LogP contribution in [0.3, 0.4) is 0 Å². The Morgan fingerprint density at radius 2 is 2.25 bits per heavy atom. The van der Waals surface area contributed by atoms with Gasteiger partial charge in [0, 0.05) is 19.2 Å². The van der Waals surface area contributed by atoms with Crippen molar-refractivity contribution in [1.29, 1.82) is 0 Å². The van der Waals surface area contributed by atoms with E-state index >= 15 is 0 Å². The summed E-state index contributed by atoms with van der Waals surface area (Å²) in [6.07, 6.45) is 1.59. The highest BCUT2D eigenvalue weighted by Crippen LogP contribution is 2.23. The molecule has 1 heterocycles. The molecule has 0 aliphatic carbocycles. The molecule has 0 fully saturated rings. The maximum Gasteiger partial charge on any atom is 0.340 e. The van der Waals surface area contributed by atoms with E-state index in [2.05, 4.69) is 10.1 Å². The number of aromatic nitrogens is 3. The van der Waals surface area contributed by atoms with Crippen molar-refractivity contribution in [3.05, 3.63) is 35.7 Å². The number of nitrogens with two attached hydrogens (primary N) is 1. The minimum absolute atomic E-state index is 0.336. The molecule has 0 saturated heterocycles. The number of nitrogens with zero attached hydrogens (tertiary/aromatic N) is 3. The Kier molecular flexibility index (Phi) is 2.87. The highest BCUT2D eigenvalue weighted by Gasteiger charge is 2.06. The van der Waals surface area contributed by atoms with Gasteiger partial charge in [-0.15, -0.1) is 5.10 Å². The average Bonchev–Trinajstić information content (AvgIpc) is 2.64. The summed E-state index contributed by atoms with van der Waals surface area (Å²) in [5, 5.41) is 4.05. The van der Waals surface area contributed by atoms with E-state index in [0.29, 0.717) is 18.3 Å². The van der Waals surface area contributed by atoms with E-state index < -0.39 is 0 Å². The van der Waals surface area contributed by atoms with Gasteiger partial charge in [-0.05, 0) is 18.6 Å². The van der Waals surface area contributed by atoms with Crippen LogP contribution in [0.25, 0.3) is 0 Å². The van der Waals surface area contributed by atoms with Gasteiger partial charge in [-0.25, -0.2) is 0 Å². The molecule has 2 aromatic rings. The first-order chi connectivity index (χ1) is 7.69. The Bertz CT molecular complexity index is 492. The van der Waals surface area contributed by atoms with Crippen LogP contribution in [-0.4, -0.2) is 14.8 Å². The molecule has 2 N–H and O–H groups in total. The van der Waals surface area contributed by atoms with Gasteiger partial charge >= 0.3 is 6.01 Å². The van der Waals surface area contributed by atoms with Gasteiger partial charge in [0.2, 0.25) is 0 Å². The van der Waals surface area contributed by atoms with E-state index in [-0.39, 0.29) is 0 Å². The van der Waals surface area contributed by atoms with Crippen molar-refractivity contribution in [2.75, 3.05) is 0 Å². The quantitative estimate of drug-likeness (QED) is 0.845. The van der Waals surface area contributed by atoms with Crippen molar-refractivity contribution in [3.8, 4) is 11.8 Å². The van der Waals surface area contributed by atoms with Crippen LogP contribution in [0.15, 0.2) is 24.5 Å². The molecule has 1 aromatic heterocycles. The molecule has 0 spiro atoms. The van der Waals surface area contributed by atoms with Gasteiger partial charge in [0.05, 0.1) is 0 Å². The van der Waals surface area contributed by atoms with Gasteiger partial charge in [-0.3, -0.25) is 4.68 Å². The second-order valence-corrected chi connectivity index (χ2v) is 3.62. The molecule has 0 saturated carbocycles. The SMILES string of the molecule is Cc1ccc(CN)c(Oc2ncn(C)n2)c1. The van der Waals surface area contributed by atoms with E-state index in [0.717, 1.165) is 11.1 Å². The van der Waals surface area contributed by atoms with E-state index in [1.807, 2.05) is 25.1 Å². The molecule has 0 aliphatic rings.